The van der Waals surface area contributed by atoms with Gasteiger partial charge in [-0.1, -0.05) is 102 Å². The third-order valence-electron chi connectivity index (χ3n) is 14.7. The van der Waals surface area contributed by atoms with Crippen molar-refractivity contribution in [1.29, 1.82) is 0 Å². The molecule has 1 spiro atoms. The first-order valence-electron chi connectivity index (χ1n) is 24.1. The van der Waals surface area contributed by atoms with Crippen LogP contribution in [0.5, 0.6) is 28.7 Å². The van der Waals surface area contributed by atoms with E-state index in [0.717, 1.165) is 67.3 Å². The van der Waals surface area contributed by atoms with Crippen molar-refractivity contribution in [2.24, 2.45) is 5.92 Å². The molecule has 4 fully saturated rings. The van der Waals surface area contributed by atoms with Crippen LogP contribution in [0.15, 0.2) is 121 Å². The van der Waals surface area contributed by atoms with Crippen molar-refractivity contribution in [2.45, 2.75) is 113 Å². The topological polar surface area (TPSA) is 143 Å². The van der Waals surface area contributed by atoms with Crippen molar-refractivity contribution in [2.75, 3.05) is 51.4 Å². The number of halogens is 2. The molecule has 3 saturated heterocycles. The van der Waals surface area contributed by atoms with Gasteiger partial charge in [0.2, 0.25) is 0 Å². The fourth-order valence-electron chi connectivity index (χ4n) is 9.20. The zero-order valence-corrected chi connectivity index (χ0v) is 42.3. The Morgan fingerprint density at radius 3 is 1.28 bits per heavy atom. The molecule has 0 radical (unpaired) electrons. The molecule has 69 heavy (non-hydrogen) atoms. The van der Waals surface area contributed by atoms with Crippen molar-refractivity contribution in [1.82, 2.24) is 0 Å². The number of alkyl halides is 2. The smallest absolute Gasteiger partial charge is 0.130 e. The minimum Gasteiger partial charge on any atom is -0.508 e. The summed E-state index contributed by atoms with van der Waals surface area (Å²) in [4.78, 5) is 0. The van der Waals surface area contributed by atoms with Crippen LogP contribution in [0.3, 0.4) is 0 Å². The average molecular weight is 986 g/mol. The molecule has 12 heteroatoms. The number of ether oxygens (including phenoxy) is 6. The molecule has 0 amide bonds. The molecule has 3 aliphatic heterocycles. The Bertz CT molecular complexity index is 2240. The van der Waals surface area contributed by atoms with E-state index in [1.807, 2.05) is 60.7 Å². The number of benzene rings is 5. The van der Waals surface area contributed by atoms with Gasteiger partial charge in [-0.05, 0) is 125 Å². The van der Waals surface area contributed by atoms with Crippen LogP contribution in [0.25, 0.3) is 0 Å². The summed E-state index contributed by atoms with van der Waals surface area (Å²) in [5.41, 5.74) is 4.48. The molecule has 9 rings (SSSR count). The summed E-state index contributed by atoms with van der Waals surface area (Å²) in [5, 5.41) is 38.7. The summed E-state index contributed by atoms with van der Waals surface area (Å²) in [6, 6.07) is 39.2. The zero-order valence-electron chi connectivity index (χ0n) is 40.8. The van der Waals surface area contributed by atoms with E-state index in [0.29, 0.717) is 25.7 Å². The maximum atomic E-state index is 10.6. The molecule has 0 bridgehead atoms. The van der Waals surface area contributed by atoms with Gasteiger partial charge in [0.15, 0.2) is 0 Å². The van der Waals surface area contributed by atoms with E-state index in [2.05, 4.69) is 77.9 Å². The maximum Gasteiger partial charge on any atom is 0.130 e. The number of aliphatic hydroxyl groups excluding tert-OH is 1. The van der Waals surface area contributed by atoms with Crippen LogP contribution in [0.1, 0.15) is 95.0 Å². The predicted octanol–water partition coefficient (Wildman–Crippen LogP) is 10.9. The Labute approximate surface area is 418 Å². The summed E-state index contributed by atoms with van der Waals surface area (Å²) >= 11 is 11.6. The predicted molar refractivity (Wildman–Crippen MR) is 272 cm³/mol. The lowest BCUT2D eigenvalue weighted by Crippen LogP contribution is -2.71. The monoisotopic (exact) mass is 984 g/mol. The molecule has 1 aliphatic carbocycles. The lowest BCUT2D eigenvalue weighted by Gasteiger charge is -2.58. The fraction of sp³-hybridized carbons (Fsp3) is 0.474. The molecule has 5 aromatic rings. The van der Waals surface area contributed by atoms with E-state index >= 15 is 0 Å². The van der Waals surface area contributed by atoms with E-state index in [9.17, 15) is 20.4 Å². The van der Waals surface area contributed by atoms with Crippen LogP contribution >= 0.6 is 23.2 Å². The van der Waals surface area contributed by atoms with Crippen LogP contribution in [0.2, 0.25) is 0 Å². The average Bonchev–Trinajstić information content (AvgIpc) is 4.32. The highest BCUT2D eigenvalue weighted by Crippen LogP contribution is 2.53. The number of phenols is 2. The van der Waals surface area contributed by atoms with Crippen molar-refractivity contribution in [3.05, 3.63) is 149 Å². The second-order valence-electron chi connectivity index (χ2n) is 20.5. The number of rotatable bonds is 17. The first kappa shape index (κ1) is 52.3. The van der Waals surface area contributed by atoms with Crippen LogP contribution in [0, 0.1) is 5.92 Å². The quantitative estimate of drug-likeness (QED) is 0.0525. The van der Waals surface area contributed by atoms with E-state index in [-0.39, 0.29) is 58.3 Å². The third-order valence-corrected chi connectivity index (χ3v) is 15.5. The second kappa shape index (κ2) is 22.3. The number of hydrogen-bond donors (Lipinski definition) is 4. The van der Waals surface area contributed by atoms with Gasteiger partial charge in [0.25, 0.3) is 0 Å². The Balaban J connectivity index is 0.000000157. The van der Waals surface area contributed by atoms with Gasteiger partial charge >= 0.3 is 0 Å². The molecule has 1 saturated carbocycles. The van der Waals surface area contributed by atoms with E-state index < -0.39 is 17.3 Å². The lowest BCUT2D eigenvalue weighted by molar-refractivity contribution is -0.308. The molecule has 4 atom stereocenters. The highest BCUT2D eigenvalue weighted by atomic mass is 35.5. The highest BCUT2D eigenvalue weighted by molar-refractivity contribution is 6.18. The maximum absolute atomic E-state index is 10.6. The van der Waals surface area contributed by atoms with Gasteiger partial charge < -0.3 is 48.8 Å². The summed E-state index contributed by atoms with van der Waals surface area (Å²) in [6.45, 7) is 16.7. The first-order valence-corrected chi connectivity index (χ1v) is 25.1. The number of epoxide rings is 2. The van der Waals surface area contributed by atoms with Gasteiger partial charge in [0, 0.05) is 10.8 Å². The van der Waals surface area contributed by atoms with Gasteiger partial charge in [-0.25, -0.2) is 0 Å². The summed E-state index contributed by atoms with van der Waals surface area (Å²) in [7, 11) is 0. The van der Waals surface area contributed by atoms with Gasteiger partial charge in [-0.15, -0.1) is 23.2 Å². The van der Waals surface area contributed by atoms with Crippen molar-refractivity contribution in [3.63, 3.8) is 0 Å². The molecular formula is C57H70Cl2O10. The number of phenolic OH excluding ortho intramolecular Hbond substituents is 2. The molecule has 4 aliphatic rings. The van der Waals surface area contributed by atoms with Crippen LogP contribution in [-0.4, -0.2) is 101 Å². The molecule has 3 heterocycles. The molecule has 10 nitrogen and oxygen atoms in total. The minimum absolute atomic E-state index is 0.0125. The van der Waals surface area contributed by atoms with Crippen LogP contribution in [-0.2, 0) is 30.5 Å². The SMILES string of the molecule is CC(C)(c1ccc(O)cc1)c1ccc(O)cc1.CC(C)(c1ccc(OCC(O)CCl)cc1)C1CCC2(CC1)OCC2(O)CCl.CC(C)(c1ccc(OCC2CO2)cc1)c1ccc(OCC2CO2)cc1. The zero-order chi connectivity index (χ0) is 49.5. The molecule has 0 aromatic heterocycles. The molecule has 5 aromatic carbocycles. The molecule has 372 valence electrons. The van der Waals surface area contributed by atoms with Crippen LogP contribution < -0.4 is 14.2 Å². The number of aliphatic hydroxyl groups is 2. The fourth-order valence-corrected chi connectivity index (χ4v) is 9.61. The standard InChI is InChI=1S/C21H30Cl2O4.C21H24O4.C15H16O2/c1-19(2,15-3-5-18(6-4-15)26-12-17(24)11-22)16-7-9-21(10-8-16)20(25,13-23)14-27-21;1-21(2,15-3-7-17(8-4-15)22-11-19-13-24-19)16-5-9-18(10-6-16)23-12-20-14-25-20;1-15(2,11-3-7-13(16)8-4-11)12-5-9-14(17)10-6-12/h3-6,16-17,24-25H,7-14H2,1-2H3;3-10,19-20H,11-14H2,1-2H3;3-10,16-17H,1-2H3. The summed E-state index contributed by atoms with van der Waals surface area (Å²) in [6.07, 6.45) is 3.62. The highest BCUT2D eigenvalue weighted by Gasteiger charge is 2.61. The lowest BCUT2D eigenvalue weighted by atomic mass is 9.60. The normalized spacial score (nSPS) is 23.2. The Morgan fingerprint density at radius 1 is 0.580 bits per heavy atom. The van der Waals surface area contributed by atoms with E-state index in [1.54, 1.807) is 24.3 Å². The third kappa shape index (κ3) is 13.1. The van der Waals surface area contributed by atoms with Crippen molar-refractivity contribution < 1.29 is 48.8 Å². The molecular weight excluding hydrogens is 916 g/mol. The Hall–Kier alpha value is -4.52. The largest absolute Gasteiger partial charge is 0.508 e. The molecule has 4 unspecified atom stereocenters. The van der Waals surface area contributed by atoms with Crippen molar-refractivity contribution >= 4 is 23.2 Å². The van der Waals surface area contributed by atoms with Gasteiger partial charge in [-0.2, -0.15) is 0 Å². The van der Waals surface area contributed by atoms with E-state index in [4.69, 9.17) is 51.6 Å². The first-order chi connectivity index (χ1) is 32.9. The Morgan fingerprint density at radius 2 is 0.942 bits per heavy atom. The van der Waals surface area contributed by atoms with Crippen LogP contribution in [0.4, 0.5) is 0 Å². The van der Waals surface area contributed by atoms with Gasteiger partial charge in [0.1, 0.15) is 78.1 Å². The van der Waals surface area contributed by atoms with Gasteiger partial charge in [0.05, 0.1) is 31.6 Å². The number of aromatic hydroxyl groups is 2. The minimum atomic E-state index is -0.865. The Kier molecular flexibility index (Phi) is 16.9. The molecule has 4 N–H and O–H groups in total. The number of hydrogen-bond acceptors (Lipinski definition) is 10. The van der Waals surface area contributed by atoms with Crippen molar-refractivity contribution in [3.8, 4) is 28.7 Å². The van der Waals surface area contributed by atoms with Gasteiger partial charge in [-0.3, -0.25) is 0 Å². The summed E-state index contributed by atoms with van der Waals surface area (Å²) < 4.78 is 33.2. The summed E-state index contributed by atoms with van der Waals surface area (Å²) in [5.74, 6) is 3.97. The van der Waals surface area contributed by atoms with E-state index in [1.165, 1.54) is 16.7 Å². The second-order valence-corrected chi connectivity index (χ2v) is 21.1.